The maximum absolute atomic E-state index is 11.1. The van der Waals surface area contributed by atoms with E-state index in [1.54, 1.807) is 12.1 Å². The molecule has 5 heteroatoms. The molecule has 0 aliphatic heterocycles. The van der Waals surface area contributed by atoms with Crippen LogP contribution in [0.1, 0.15) is 25.3 Å². The van der Waals surface area contributed by atoms with Gasteiger partial charge in [0.25, 0.3) is 0 Å². The Bertz CT molecular complexity index is 546. The molecule has 4 nitrogen and oxygen atoms in total. The molecule has 0 saturated heterocycles. The first-order valence-corrected chi connectivity index (χ1v) is 6.91. The number of primary sulfonamides is 1. The molecular weight excluding hydrogens is 238 g/mol. The van der Waals surface area contributed by atoms with Crippen LogP contribution in [0, 0.1) is 11.3 Å². The minimum atomic E-state index is -3.64. The number of hydrogen-bond acceptors (Lipinski definition) is 3. The highest BCUT2D eigenvalue weighted by Crippen LogP contribution is 2.63. The second-order valence-electron chi connectivity index (χ2n) is 5.07. The molecule has 0 amide bonds. The van der Waals surface area contributed by atoms with E-state index in [0.717, 1.165) is 11.8 Å². The molecule has 2 N–H and O–H groups in total. The first-order chi connectivity index (χ1) is 7.78. The smallest absolute Gasteiger partial charge is 0.238 e. The van der Waals surface area contributed by atoms with Crippen LogP contribution in [-0.2, 0) is 14.8 Å². The predicted octanol–water partition coefficient (Wildman–Crippen LogP) is 1.27. The maximum Gasteiger partial charge on any atom is 0.238 e. The van der Waals surface area contributed by atoms with Crippen LogP contribution in [0.15, 0.2) is 29.2 Å². The van der Waals surface area contributed by atoms with Gasteiger partial charge in [0.15, 0.2) is 0 Å². The van der Waals surface area contributed by atoms with E-state index in [0.29, 0.717) is 0 Å². The summed E-state index contributed by atoms with van der Waals surface area (Å²) in [6.45, 7) is 4.06. The number of nitrogens with two attached hydrogens (primary N) is 1. The van der Waals surface area contributed by atoms with Crippen LogP contribution in [0.25, 0.3) is 0 Å². The average molecular weight is 253 g/mol. The number of rotatable bonds is 3. The van der Waals surface area contributed by atoms with Gasteiger partial charge in [0.2, 0.25) is 10.0 Å². The van der Waals surface area contributed by atoms with Gasteiger partial charge in [-0.1, -0.05) is 26.0 Å². The summed E-state index contributed by atoms with van der Waals surface area (Å²) in [4.78, 5) is 11.0. The van der Waals surface area contributed by atoms with Crippen LogP contribution >= 0.6 is 0 Å². The third-order valence-electron chi connectivity index (χ3n) is 3.63. The molecule has 1 saturated carbocycles. The van der Waals surface area contributed by atoms with E-state index in [-0.39, 0.29) is 22.1 Å². The maximum atomic E-state index is 11.1. The molecule has 1 aromatic rings. The van der Waals surface area contributed by atoms with E-state index < -0.39 is 10.0 Å². The Morgan fingerprint density at radius 3 is 2.12 bits per heavy atom. The van der Waals surface area contributed by atoms with Gasteiger partial charge in [-0.05, 0) is 29.0 Å². The Kier molecular flexibility index (Phi) is 2.63. The Hall–Kier alpha value is -1.20. The molecule has 1 fully saturated rings. The summed E-state index contributed by atoms with van der Waals surface area (Å²) < 4.78 is 22.2. The molecule has 0 radical (unpaired) electrons. The number of aldehydes is 1. The molecule has 0 unspecified atom stereocenters. The van der Waals surface area contributed by atoms with E-state index >= 15 is 0 Å². The predicted molar refractivity (Wildman–Crippen MR) is 63.9 cm³/mol. The fourth-order valence-electron chi connectivity index (χ4n) is 2.43. The molecule has 1 aliphatic rings. The SMILES string of the molecule is CC1(C)[C@@H](C=O)[C@@H]1c1ccc(S(N)(=O)=O)cc1. The Morgan fingerprint density at radius 2 is 1.76 bits per heavy atom. The first kappa shape index (κ1) is 12.3. The first-order valence-electron chi connectivity index (χ1n) is 5.36. The lowest BCUT2D eigenvalue weighted by molar-refractivity contribution is -0.109. The average Bonchev–Trinajstić information content (AvgIpc) is 2.79. The summed E-state index contributed by atoms with van der Waals surface area (Å²) in [5.41, 5.74) is 0.949. The minimum Gasteiger partial charge on any atom is -0.303 e. The molecule has 0 bridgehead atoms. The van der Waals surface area contributed by atoms with Gasteiger partial charge < -0.3 is 4.79 Å². The summed E-state index contributed by atoms with van der Waals surface area (Å²) >= 11 is 0. The number of carbonyl (C=O) groups is 1. The van der Waals surface area contributed by atoms with Crippen molar-refractivity contribution in [2.45, 2.75) is 24.7 Å². The molecule has 1 aliphatic carbocycles. The zero-order valence-corrected chi connectivity index (χ0v) is 10.6. The highest BCUT2D eigenvalue weighted by molar-refractivity contribution is 7.89. The summed E-state index contributed by atoms with van der Waals surface area (Å²) in [7, 11) is -3.64. The van der Waals surface area contributed by atoms with Crippen molar-refractivity contribution in [3.05, 3.63) is 29.8 Å². The van der Waals surface area contributed by atoms with E-state index in [9.17, 15) is 13.2 Å². The van der Waals surface area contributed by atoms with Crippen LogP contribution in [0.2, 0.25) is 0 Å². The molecular formula is C12H15NO3S. The molecule has 2 atom stereocenters. The van der Waals surface area contributed by atoms with Crippen molar-refractivity contribution in [1.82, 2.24) is 0 Å². The van der Waals surface area contributed by atoms with Crippen molar-refractivity contribution in [2.75, 3.05) is 0 Å². The Morgan fingerprint density at radius 1 is 1.24 bits per heavy atom. The summed E-state index contributed by atoms with van der Waals surface area (Å²) in [6.07, 6.45) is 0.970. The zero-order valence-electron chi connectivity index (χ0n) is 9.75. The summed E-state index contributed by atoms with van der Waals surface area (Å²) in [5, 5.41) is 5.02. The highest BCUT2D eigenvalue weighted by atomic mass is 32.2. The van der Waals surface area contributed by atoms with Crippen molar-refractivity contribution in [2.24, 2.45) is 16.5 Å². The molecule has 92 valence electrons. The van der Waals surface area contributed by atoms with Crippen LogP contribution in [-0.4, -0.2) is 14.7 Å². The minimum absolute atomic E-state index is 0.0165. The molecule has 1 aromatic carbocycles. The summed E-state index contributed by atoms with van der Waals surface area (Å²) in [5.74, 6) is 0.192. The monoisotopic (exact) mass is 253 g/mol. The normalized spacial score (nSPS) is 26.5. The van der Waals surface area contributed by atoms with Gasteiger partial charge >= 0.3 is 0 Å². The molecule has 2 rings (SSSR count). The fourth-order valence-corrected chi connectivity index (χ4v) is 2.95. The van der Waals surface area contributed by atoms with Crippen LogP contribution in [0.4, 0.5) is 0 Å². The third kappa shape index (κ3) is 2.00. The lowest BCUT2D eigenvalue weighted by atomic mass is 10.0. The van der Waals surface area contributed by atoms with Crippen molar-refractivity contribution in [3.63, 3.8) is 0 Å². The topological polar surface area (TPSA) is 77.2 Å². The number of sulfonamides is 1. The quantitative estimate of drug-likeness (QED) is 0.824. The largest absolute Gasteiger partial charge is 0.303 e. The van der Waals surface area contributed by atoms with Gasteiger partial charge in [-0.25, -0.2) is 13.6 Å². The van der Waals surface area contributed by atoms with E-state index in [1.165, 1.54) is 12.1 Å². The Balaban J connectivity index is 2.30. The summed E-state index contributed by atoms with van der Waals surface area (Å²) in [6, 6.07) is 6.44. The lowest BCUT2D eigenvalue weighted by Crippen LogP contribution is -2.11. The van der Waals surface area contributed by atoms with Crippen LogP contribution < -0.4 is 5.14 Å². The van der Waals surface area contributed by atoms with Crippen molar-refractivity contribution in [3.8, 4) is 0 Å². The van der Waals surface area contributed by atoms with E-state index in [4.69, 9.17) is 5.14 Å². The van der Waals surface area contributed by atoms with Crippen molar-refractivity contribution >= 4 is 16.3 Å². The van der Waals surface area contributed by atoms with Gasteiger partial charge in [0, 0.05) is 5.92 Å². The number of benzene rings is 1. The number of hydrogen-bond donors (Lipinski definition) is 1. The molecule has 17 heavy (non-hydrogen) atoms. The standard InChI is InChI=1S/C12H15NO3S/c1-12(2)10(7-14)11(12)8-3-5-9(6-4-8)17(13,15)16/h3-7,10-11H,1-2H3,(H2,13,15,16)/t10-,11-/m0/s1. The molecule has 0 aromatic heterocycles. The van der Waals surface area contributed by atoms with Gasteiger partial charge in [0.1, 0.15) is 6.29 Å². The second kappa shape index (κ2) is 3.65. The number of carbonyl (C=O) groups excluding carboxylic acids is 1. The van der Waals surface area contributed by atoms with Crippen LogP contribution in [0.5, 0.6) is 0 Å². The molecule has 0 spiro atoms. The van der Waals surface area contributed by atoms with Crippen molar-refractivity contribution in [1.29, 1.82) is 0 Å². The van der Waals surface area contributed by atoms with Gasteiger partial charge in [-0.15, -0.1) is 0 Å². The Labute approximate surface area is 101 Å². The van der Waals surface area contributed by atoms with Crippen molar-refractivity contribution < 1.29 is 13.2 Å². The molecule has 0 heterocycles. The van der Waals surface area contributed by atoms with E-state index in [1.807, 2.05) is 13.8 Å². The van der Waals surface area contributed by atoms with E-state index in [2.05, 4.69) is 0 Å². The van der Waals surface area contributed by atoms with Gasteiger partial charge in [-0.2, -0.15) is 0 Å². The fraction of sp³-hybridized carbons (Fsp3) is 0.417. The second-order valence-corrected chi connectivity index (χ2v) is 6.64. The van der Waals surface area contributed by atoms with Gasteiger partial charge in [-0.3, -0.25) is 0 Å². The highest BCUT2D eigenvalue weighted by Gasteiger charge is 2.58. The van der Waals surface area contributed by atoms with Gasteiger partial charge in [0.05, 0.1) is 4.90 Å². The van der Waals surface area contributed by atoms with Crippen LogP contribution in [0.3, 0.4) is 0 Å². The zero-order chi connectivity index (χ0) is 12.8. The lowest BCUT2D eigenvalue weighted by Gasteiger charge is -2.04. The third-order valence-corrected chi connectivity index (χ3v) is 4.55.